The van der Waals surface area contributed by atoms with Crippen LogP contribution in [-0.4, -0.2) is 17.1 Å². The molecule has 0 fully saturated rings. The summed E-state index contributed by atoms with van der Waals surface area (Å²) in [6, 6.07) is 11.1. The number of hydrazone groups is 1. The van der Waals surface area contributed by atoms with Crippen LogP contribution in [0.4, 0.5) is 0 Å². The van der Waals surface area contributed by atoms with E-state index in [9.17, 15) is 4.79 Å². The van der Waals surface area contributed by atoms with Crippen LogP contribution in [-0.2, 0) is 0 Å². The number of benzene rings is 1. The number of halogens is 1. The van der Waals surface area contributed by atoms with Crippen LogP contribution in [0.3, 0.4) is 0 Å². The molecular formula is C15H10ClN3OS. The maximum absolute atomic E-state index is 11.8. The topological polar surface area (TPSA) is 54.4 Å². The van der Waals surface area contributed by atoms with Gasteiger partial charge >= 0.3 is 0 Å². The van der Waals surface area contributed by atoms with Gasteiger partial charge in [0.05, 0.1) is 16.1 Å². The molecule has 0 bridgehead atoms. The summed E-state index contributed by atoms with van der Waals surface area (Å²) in [7, 11) is 0. The van der Waals surface area contributed by atoms with Crippen LogP contribution in [0.5, 0.6) is 0 Å². The first-order valence-corrected chi connectivity index (χ1v) is 7.35. The highest BCUT2D eigenvalue weighted by Crippen LogP contribution is 2.33. The first-order valence-electron chi connectivity index (χ1n) is 6.16. The summed E-state index contributed by atoms with van der Waals surface area (Å²) in [5.74, 6) is -0.286. The van der Waals surface area contributed by atoms with Crippen molar-refractivity contribution in [3.05, 3.63) is 64.3 Å². The predicted octanol–water partition coefficient (Wildman–Crippen LogP) is 3.71. The summed E-state index contributed by atoms with van der Waals surface area (Å²) in [4.78, 5) is 16.5. The molecule has 3 aromatic rings. The van der Waals surface area contributed by atoms with E-state index in [2.05, 4.69) is 15.5 Å². The Kier molecular flexibility index (Phi) is 3.94. The van der Waals surface area contributed by atoms with Gasteiger partial charge in [-0.25, -0.2) is 5.43 Å². The van der Waals surface area contributed by atoms with Crippen molar-refractivity contribution in [2.45, 2.75) is 0 Å². The highest BCUT2D eigenvalue weighted by atomic mass is 35.5. The molecule has 3 rings (SSSR count). The Morgan fingerprint density at radius 2 is 2.00 bits per heavy atom. The maximum atomic E-state index is 11.8. The van der Waals surface area contributed by atoms with Crippen LogP contribution in [0.15, 0.2) is 53.9 Å². The van der Waals surface area contributed by atoms with E-state index in [0.29, 0.717) is 10.6 Å². The smallest absolute Gasteiger partial charge is 0.267 e. The number of rotatable bonds is 3. The van der Waals surface area contributed by atoms with Gasteiger partial charge in [-0.2, -0.15) is 5.10 Å². The van der Waals surface area contributed by atoms with Crippen LogP contribution < -0.4 is 5.43 Å². The maximum Gasteiger partial charge on any atom is 0.271 e. The molecule has 0 radical (unpaired) electrons. The van der Waals surface area contributed by atoms with Gasteiger partial charge in [0, 0.05) is 28.0 Å². The molecule has 0 aliphatic carbocycles. The molecular weight excluding hydrogens is 306 g/mol. The summed E-state index contributed by atoms with van der Waals surface area (Å²) < 4.78 is 1.09. The van der Waals surface area contributed by atoms with E-state index in [4.69, 9.17) is 11.6 Å². The SMILES string of the molecule is O=C(N/N=C\c1sc2ccccc2c1Cl)c1ccncc1. The zero-order chi connectivity index (χ0) is 14.7. The lowest BCUT2D eigenvalue weighted by Crippen LogP contribution is -2.17. The second-order valence-electron chi connectivity index (χ2n) is 4.21. The average molecular weight is 316 g/mol. The van der Waals surface area contributed by atoms with Crippen LogP contribution >= 0.6 is 22.9 Å². The quantitative estimate of drug-likeness (QED) is 0.591. The Balaban J connectivity index is 1.76. The molecule has 4 nitrogen and oxygen atoms in total. The van der Waals surface area contributed by atoms with Crippen LogP contribution in [0.2, 0.25) is 5.02 Å². The minimum Gasteiger partial charge on any atom is -0.267 e. The molecule has 1 aromatic carbocycles. The van der Waals surface area contributed by atoms with Gasteiger partial charge in [-0.05, 0) is 18.2 Å². The molecule has 1 N–H and O–H groups in total. The fraction of sp³-hybridized carbons (Fsp3) is 0. The van der Waals surface area contributed by atoms with Crippen molar-refractivity contribution in [1.82, 2.24) is 10.4 Å². The van der Waals surface area contributed by atoms with Gasteiger partial charge in [0.25, 0.3) is 5.91 Å². The predicted molar refractivity (Wildman–Crippen MR) is 86.1 cm³/mol. The Bertz CT molecular complexity index is 814. The molecule has 0 spiro atoms. The number of pyridine rings is 1. The third kappa shape index (κ3) is 2.94. The molecule has 104 valence electrons. The first-order chi connectivity index (χ1) is 10.3. The third-order valence-electron chi connectivity index (χ3n) is 2.85. The standard InChI is InChI=1S/C15H10ClN3OS/c16-14-11-3-1-2-4-12(11)21-13(14)9-18-19-15(20)10-5-7-17-8-6-10/h1-9H,(H,19,20)/b18-9-. The number of carbonyl (C=O) groups is 1. The fourth-order valence-corrected chi connectivity index (χ4v) is 3.19. The zero-order valence-electron chi connectivity index (χ0n) is 10.8. The number of fused-ring (bicyclic) bond motifs is 1. The summed E-state index contributed by atoms with van der Waals surface area (Å²) in [6.07, 6.45) is 4.68. The normalized spacial score (nSPS) is 11.1. The van der Waals surface area contributed by atoms with E-state index in [1.165, 1.54) is 11.3 Å². The number of amides is 1. The minimum atomic E-state index is -0.286. The van der Waals surface area contributed by atoms with Crippen molar-refractivity contribution < 1.29 is 4.79 Å². The first kappa shape index (κ1) is 13.7. The molecule has 2 aromatic heterocycles. The number of nitrogens with zero attached hydrogens (tertiary/aromatic N) is 2. The Labute approximate surface area is 130 Å². The van der Waals surface area contributed by atoms with Crippen LogP contribution in [0.25, 0.3) is 10.1 Å². The number of thiophene rings is 1. The van der Waals surface area contributed by atoms with E-state index in [1.54, 1.807) is 30.7 Å². The van der Waals surface area contributed by atoms with Crippen LogP contribution in [0.1, 0.15) is 15.2 Å². The van der Waals surface area contributed by atoms with Gasteiger partial charge in [0.1, 0.15) is 0 Å². The largest absolute Gasteiger partial charge is 0.271 e. The number of hydrogen-bond acceptors (Lipinski definition) is 4. The number of aromatic nitrogens is 1. The number of nitrogens with one attached hydrogen (secondary N) is 1. The molecule has 0 aliphatic rings. The van der Waals surface area contributed by atoms with Crippen molar-refractivity contribution >= 4 is 45.1 Å². The molecule has 2 heterocycles. The van der Waals surface area contributed by atoms with Crippen LogP contribution in [0, 0.1) is 0 Å². The Morgan fingerprint density at radius 1 is 1.24 bits per heavy atom. The number of carbonyl (C=O) groups excluding carboxylic acids is 1. The van der Waals surface area contributed by atoms with E-state index in [-0.39, 0.29) is 5.91 Å². The lowest BCUT2D eigenvalue weighted by atomic mass is 10.2. The third-order valence-corrected chi connectivity index (χ3v) is 4.47. The van der Waals surface area contributed by atoms with E-state index in [1.807, 2.05) is 24.3 Å². The van der Waals surface area contributed by atoms with Crippen molar-refractivity contribution in [3.8, 4) is 0 Å². The average Bonchev–Trinajstić information content (AvgIpc) is 2.85. The summed E-state index contributed by atoms with van der Waals surface area (Å²) in [5.41, 5.74) is 2.97. The monoisotopic (exact) mass is 315 g/mol. The van der Waals surface area contributed by atoms with Gasteiger partial charge in [-0.3, -0.25) is 9.78 Å². The molecule has 1 amide bonds. The van der Waals surface area contributed by atoms with Gasteiger partial charge in [-0.1, -0.05) is 29.8 Å². The Hall–Kier alpha value is -2.24. The van der Waals surface area contributed by atoms with Crippen molar-refractivity contribution in [3.63, 3.8) is 0 Å². The lowest BCUT2D eigenvalue weighted by Gasteiger charge is -1.97. The molecule has 6 heteroatoms. The van der Waals surface area contributed by atoms with Crippen molar-refractivity contribution in [1.29, 1.82) is 0 Å². The summed E-state index contributed by atoms with van der Waals surface area (Å²) in [6.45, 7) is 0. The Morgan fingerprint density at radius 3 is 2.76 bits per heavy atom. The molecule has 0 atom stereocenters. The highest BCUT2D eigenvalue weighted by Gasteiger charge is 2.08. The van der Waals surface area contributed by atoms with Crippen molar-refractivity contribution in [2.24, 2.45) is 5.10 Å². The van der Waals surface area contributed by atoms with Gasteiger partial charge in [0.2, 0.25) is 0 Å². The fourth-order valence-electron chi connectivity index (χ4n) is 1.83. The van der Waals surface area contributed by atoms with E-state index >= 15 is 0 Å². The molecule has 0 aliphatic heterocycles. The second kappa shape index (κ2) is 6.03. The van der Waals surface area contributed by atoms with Gasteiger partial charge < -0.3 is 0 Å². The lowest BCUT2D eigenvalue weighted by molar-refractivity contribution is 0.0955. The highest BCUT2D eigenvalue weighted by molar-refractivity contribution is 7.21. The summed E-state index contributed by atoms with van der Waals surface area (Å²) >= 11 is 7.82. The molecule has 0 saturated carbocycles. The summed E-state index contributed by atoms with van der Waals surface area (Å²) in [5, 5.41) is 5.60. The van der Waals surface area contributed by atoms with E-state index < -0.39 is 0 Å². The second-order valence-corrected chi connectivity index (χ2v) is 5.67. The molecule has 0 unspecified atom stereocenters. The molecule has 0 saturated heterocycles. The van der Waals surface area contributed by atoms with E-state index in [0.717, 1.165) is 15.0 Å². The minimum absolute atomic E-state index is 0.286. The zero-order valence-corrected chi connectivity index (χ0v) is 12.4. The molecule has 21 heavy (non-hydrogen) atoms. The number of hydrogen-bond donors (Lipinski definition) is 1. The van der Waals surface area contributed by atoms with Gasteiger partial charge in [0.15, 0.2) is 0 Å². The van der Waals surface area contributed by atoms with Crippen molar-refractivity contribution in [2.75, 3.05) is 0 Å². The van der Waals surface area contributed by atoms with Gasteiger partial charge in [-0.15, -0.1) is 11.3 Å².